The Morgan fingerprint density at radius 1 is 0.943 bits per heavy atom. The molecule has 0 bridgehead atoms. The summed E-state index contributed by atoms with van der Waals surface area (Å²) < 4.78 is 42.2. The summed E-state index contributed by atoms with van der Waals surface area (Å²) in [6.07, 6.45) is 1.17. The molecule has 1 amide bonds. The number of sulfonamides is 1. The number of benzene rings is 3. The maximum absolute atomic E-state index is 12.4. The van der Waals surface area contributed by atoms with E-state index in [-0.39, 0.29) is 25.1 Å². The van der Waals surface area contributed by atoms with E-state index in [2.05, 4.69) is 5.32 Å². The zero-order chi connectivity index (χ0) is 25.4. The summed E-state index contributed by atoms with van der Waals surface area (Å²) in [4.78, 5) is 12.4. The van der Waals surface area contributed by atoms with E-state index in [0.717, 1.165) is 11.1 Å². The molecule has 186 valence electrons. The normalized spacial score (nSPS) is 11.9. The molecule has 0 unspecified atom stereocenters. The van der Waals surface area contributed by atoms with Crippen LogP contribution in [0.25, 0.3) is 0 Å². The van der Waals surface area contributed by atoms with Gasteiger partial charge in [0.05, 0.1) is 38.7 Å². The summed E-state index contributed by atoms with van der Waals surface area (Å²) in [6, 6.07) is 21.1. The summed E-state index contributed by atoms with van der Waals surface area (Å²) in [5, 5.41) is 2.88. The lowest BCUT2D eigenvalue weighted by atomic mass is 10.1. The first-order valence-electron chi connectivity index (χ1n) is 11.0. The van der Waals surface area contributed by atoms with Crippen LogP contribution < -0.4 is 23.8 Å². The molecule has 0 heterocycles. The molecule has 1 N–H and O–H groups in total. The van der Waals surface area contributed by atoms with E-state index in [0.29, 0.717) is 22.9 Å². The van der Waals surface area contributed by atoms with Crippen LogP contribution in [0.2, 0.25) is 0 Å². The number of carbonyl (C=O) groups excluding carboxylic acids is 1. The van der Waals surface area contributed by atoms with Crippen LogP contribution in [0.3, 0.4) is 0 Å². The largest absolute Gasteiger partial charge is 0.493 e. The Morgan fingerprint density at radius 2 is 1.60 bits per heavy atom. The lowest BCUT2D eigenvalue weighted by molar-refractivity contribution is -0.123. The fourth-order valence-corrected chi connectivity index (χ4v) is 4.38. The molecule has 0 spiro atoms. The minimum atomic E-state index is -3.49. The number of carbonyl (C=O) groups is 1. The summed E-state index contributed by atoms with van der Waals surface area (Å²) in [5.41, 5.74) is 2.24. The SMILES string of the molecule is COc1ccc([C@H](C)NC(=O)COc2ccc(N(Cc3ccccc3)S(C)(=O)=O)cc2)cc1OC. The second-order valence-corrected chi connectivity index (χ2v) is 9.85. The number of amides is 1. The summed E-state index contributed by atoms with van der Waals surface area (Å²) in [7, 11) is -0.372. The van der Waals surface area contributed by atoms with Gasteiger partial charge in [-0.1, -0.05) is 36.4 Å². The number of rotatable bonds is 11. The number of hydrogen-bond acceptors (Lipinski definition) is 6. The molecule has 8 nitrogen and oxygen atoms in total. The van der Waals surface area contributed by atoms with Gasteiger partial charge in [-0.05, 0) is 54.4 Å². The summed E-state index contributed by atoms with van der Waals surface area (Å²) in [5.74, 6) is 1.35. The van der Waals surface area contributed by atoms with Crippen LogP contribution in [0.15, 0.2) is 72.8 Å². The average molecular weight is 499 g/mol. The molecule has 0 aliphatic carbocycles. The molecule has 3 rings (SSSR count). The fourth-order valence-electron chi connectivity index (χ4n) is 3.50. The first kappa shape index (κ1) is 25.9. The Labute approximate surface area is 206 Å². The van der Waals surface area contributed by atoms with Crippen molar-refractivity contribution in [1.82, 2.24) is 5.32 Å². The van der Waals surface area contributed by atoms with Gasteiger partial charge in [0.2, 0.25) is 10.0 Å². The number of nitrogens with zero attached hydrogens (tertiary/aromatic N) is 1. The molecule has 0 saturated heterocycles. The molecule has 0 aliphatic heterocycles. The van der Waals surface area contributed by atoms with Gasteiger partial charge in [-0.3, -0.25) is 9.10 Å². The highest BCUT2D eigenvalue weighted by molar-refractivity contribution is 7.92. The van der Waals surface area contributed by atoms with Crippen molar-refractivity contribution in [3.63, 3.8) is 0 Å². The molecular weight excluding hydrogens is 468 g/mol. The smallest absolute Gasteiger partial charge is 0.258 e. The maximum atomic E-state index is 12.4. The van der Waals surface area contributed by atoms with E-state index in [9.17, 15) is 13.2 Å². The third-order valence-corrected chi connectivity index (χ3v) is 6.49. The van der Waals surface area contributed by atoms with Gasteiger partial charge in [0.1, 0.15) is 5.75 Å². The minimum Gasteiger partial charge on any atom is -0.493 e. The van der Waals surface area contributed by atoms with Crippen molar-refractivity contribution in [2.75, 3.05) is 31.4 Å². The number of nitrogens with one attached hydrogen (secondary N) is 1. The first-order chi connectivity index (χ1) is 16.7. The predicted molar refractivity (Wildman–Crippen MR) is 136 cm³/mol. The Bertz CT molecular complexity index is 1230. The van der Waals surface area contributed by atoms with Crippen LogP contribution in [0.5, 0.6) is 17.2 Å². The number of hydrogen-bond donors (Lipinski definition) is 1. The Morgan fingerprint density at radius 3 is 2.20 bits per heavy atom. The van der Waals surface area contributed by atoms with Crippen LogP contribution in [0.4, 0.5) is 5.69 Å². The number of methoxy groups -OCH3 is 2. The Hall–Kier alpha value is -3.72. The van der Waals surface area contributed by atoms with Crippen molar-refractivity contribution in [3.05, 3.63) is 83.9 Å². The zero-order valence-electron chi connectivity index (χ0n) is 20.2. The quantitative estimate of drug-likeness (QED) is 0.431. The van der Waals surface area contributed by atoms with E-state index in [1.54, 1.807) is 44.6 Å². The molecule has 35 heavy (non-hydrogen) atoms. The van der Waals surface area contributed by atoms with Crippen molar-refractivity contribution in [1.29, 1.82) is 0 Å². The van der Waals surface area contributed by atoms with Crippen LogP contribution >= 0.6 is 0 Å². The third-order valence-electron chi connectivity index (χ3n) is 5.35. The molecule has 0 aliphatic rings. The Kier molecular flexibility index (Phi) is 8.59. The summed E-state index contributed by atoms with van der Waals surface area (Å²) in [6.45, 7) is 1.90. The molecule has 1 atom stereocenters. The lowest BCUT2D eigenvalue weighted by Crippen LogP contribution is -2.31. The van der Waals surface area contributed by atoms with E-state index in [1.807, 2.05) is 49.4 Å². The lowest BCUT2D eigenvalue weighted by Gasteiger charge is -2.23. The second-order valence-electron chi connectivity index (χ2n) is 7.94. The van der Waals surface area contributed by atoms with Gasteiger partial charge in [0.25, 0.3) is 5.91 Å². The van der Waals surface area contributed by atoms with E-state index < -0.39 is 10.0 Å². The number of ether oxygens (including phenoxy) is 3. The molecule has 3 aromatic carbocycles. The topological polar surface area (TPSA) is 94.2 Å². The highest BCUT2D eigenvalue weighted by atomic mass is 32.2. The van der Waals surface area contributed by atoms with Gasteiger partial charge in [0, 0.05) is 0 Å². The highest BCUT2D eigenvalue weighted by Crippen LogP contribution is 2.30. The monoisotopic (exact) mass is 498 g/mol. The van der Waals surface area contributed by atoms with Gasteiger partial charge in [-0.25, -0.2) is 8.42 Å². The van der Waals surface area contributed by atoms with Crippen molar-refractivity contribution in [2.45, 2.75) is 19.5 Å². The van der Waals surface area contributed by atoms with Crippen molar-refractivity contribution >= 4 is 21.6 Å². The fraction of sp³-hybridized carbons (Fsp3) is 0.269. The molecule has 0 saturated carbocycles. The maximum Gasteiger partial charge on any atom is 0.258 e. The van der Waals surface area contributed by atoms with Gasteiger partial charge in [-0.2, -0.15) is 0 Å². The van der Waals surface area contributed by atoms with Crippen LogP contribution in [-0.4, -0.2) is 41.4 Å². The molecule has 3 aromatic rings. The average Bonchev–Trinajstić information content (AvgIpc) is 2.86. The van der Waals surface area contributed by atoms with Gasteiger partial charge >= 0.3 is 0 Å². The van der Waals surface area contributed by atoms with Crippen molar-refractivity contribution in [2.24, 2.45) is 0 Å². The molecular formula is C26H30N2O6S. The standard InChI is InChI=1S/C26H30N2O6S/c1-19(21-10-15-24(32-2)25(16-21)33-3)27-26(29)18-34-23-13-11-22(12-14-23)28(35(4,30)31)17-20-8-6-5-7-9-20/h5-16,19H,17-18H2,1-4H3,(H,27,29)/t19-/m0/s1. The third kappa shape index (κ3) is 7.13. The van der Waals surface area contributed by atoms with Gasteiger partial charge in [0.15, 0.2) is 18.1 Å². The van der Waals surface area contributed by atoms with Crippen LogP contribution in [-0.2, 0) is 21.4 Å². The van der Waals surface area contributed by atoms with E-state index >= 15 is 0 Å². The van der Waals surface area contributed by atoms with E-state index in [4.69, 9.17) is 14.2 Å². The van der Waals surface area contributed by atoms with E-state index in [1.165, 1.54) is 10.6 Å². The predicted octanol–water partition coefficient (Wildman–Crippen LogP) is 3.93. The van der Waals surface area contributed by atoms with Crippen molar-refractivity contribution < 1.29 is 27.4 Å². The molecule has 0 radical (unpaired) electrons. The molecule has 0 aromatic heterocycles. The van der Waals surface area contributed by atoms with Crippen LogP contribution in [0.1, 0.15) is 24.1 Å². The second kappa shape index (κ2) is 11.6. The summed E-state index contributed by atoms with van der Waals surface area (Å²) >= 11 is 0. The van der Waals surface area contributed by atoms with Crippen molar-refractivity contribution in [3.8, 4) is 17.2 Å². The zero-order valence-corrected chi connectivity index (χ0v) is 21.0. The highest BCUT2D eigenvalue weighted by Gasteiger charge is 2.18. The van der Waals surface area contributed by atoms with Crippen LogP contribution in [0, 0.1) is 0 Å². The Balaban J connectivity index is 1.59. The molecule has 9 heteroatoms. The van der Waals surface area contributed by atoms with Gasteiger partial charge in [-0.15, -0.1) is 0 Å². The van der Waals surface area contributed by atoms with Gasteiger partial charge < -0.3 is 19.5 Å². The minimum absolute atomic E-state index is 0.184. The first-order valence-corrected chi connectivity index (χ1v) is 12.8. The molecule has 0 fully saturated rings. The number of anilines is 1.